The topological polar surface area (TPSA) is 137 Å². The van der Waals surface area contributed by atoms with E-state index >= 15 is 0 Å². The Kier molecular flexibility index (Phi) is 8.64. The van der Waals surface area contributed by atoms with Crippen LogP contribution in [0.1, 0.15) is 55.8 Å². The zero-order valence-corrected chi connectivity index (χ0v) is 23.2. The third kappa shape index (κ3) is 5.63. The molecule has 5 rings (SSSR count). The van der Waals surface area contributed by atoms with E-state index in [2.05, 4.69) is 10.4 Å². The largest absolute Gasteiger partial charge is 0.478 e. The van der Waals surface area contributed by atoms with Crippen molar-refractivity contribution in [2.24, 2.45) is 0 Å². The molecule has 1 amide bonds. The lowest BCUT2D eigenvalue weighted by atomic mass is 9.93. The molecular formula is C28H33F2N7O5. The van der Waals surface area contributed by atoms with Crippen molar-refractivity contribution >= 4 is 23.4 Å². The van der Waals surface area contributed by atoms with Gasteiger partial charge in [0.2, 0.25) is 0 Å². The van der Waals surface area contributed by atoms with E-state index in [-0.39, 0.29) is 17.3 Å². The Morgan fingerprint density at radius 1 is 1.02 bits per heavy atom. The van der Waals surface area contributed by atoms with Gasteiger partial charge in [-0.2, -0.15) is 4.68 Å². The number of aliphatic hydroxyl groups is 1. The van der Waals surface area contributed by atoms with Crippen molar-refractivity contribution in [3.8, 4) is 5.69 Å². The number of aromatic nitrogens is 4. The maximum atomic E-state index is 14.4. The number of nitrogens with zero attached hydrogens (tertiary/aromatic N) is 7. The lowest BCUT2D eigenvalue weighted by Crippen LogP contribution is -2.50. The van der Waals surface area contributed by atoms with Gasteiger partial charge in [-0.15, -0.1) is 4.68 Å². The Morgan fingerprint density at radius 2 is 1.69 bits per heavy atom. The maximum Gasteiger partial charge on any atom is 0.377 e. The van der Waals surface area contributed by atoms with E-state index < -0.39 is 41.2 Å². The van der Waals surface area contributed by atoms with Crippen molar-refractivity contribution in [1.29, 1.82) is 0 Å². The molecule has 1 aliphatic heterocycles. The van der Waals surface area contributed by atoms with Gasteiger partial charge < -0.3 is 15.1 Å². The first-order valence-electron chi connectivity index (χ1n) is 14.1. The molecule has 0 radical (unpaired) electrons. The molecule has 1 saturated heterocycles. The van der Waals surface area contributed by atoms with Crippen LogP contribution >= 0.6 is 0 Å². The summed E-state index contributed by atoms with van der Waals surface area (Å²) >= 11 is 0. The minimum Gasteiger partial charge on any atom is -0.478 e. The third-order valence-electron chi connectivity index (χ3n) is 7.99. The Balaban J connectivity index is 1.50. The number of para-hydroxylation sites is 1. The number of anilines is 2. The highest BCUT2D eigenvalue weighted by molar-refractivity contribution is 5.99. The molecule has 1 saturated carbocycles. The summed E-state index contributed by atoms with van der Waals surface area (Å²) < 4.78 is 29.6. The number of carboxylic acid groups (broad SMARTS) is 1. The smallest absolute Gasteiger partial charge is 0.377 e. The van der Waals surface area contributed by atoms with E-state index in [9.17, 15) is 33.4 Å². The van der Waals surface area contributed by atoms with E-state index in [1.165, 1.54) is 11.0 Å². The number of amides is 1. The lowest BCUT2D eigenvalue weighted by Gasteiger charge is -2.39. The molecule has 2 aromatic carbocycles. The van der Waals surface area contributed by atoms with Gasteiger partial charge in [-0.1, -0.05) is 32.3 Å². The van der Waals surface area contributed by atoms with Gasteiger partial charge in [0.25, 0.3) is 0 Å². The predicted molar refractivity (Wildman–Crippen MR) is 149 cm³/mol. The number of tetrazole rings is 1. The van der Waals surface area contributed by atoms with Gasteiger partial charge in [-0.05, 0) is 60.0 Å². The molecule has 0 spiro atoms. The van der Waals surface area contributed by atoms with Crippen LogP contribution in [0.3, 0.4) is 0 Å². The van der Waals surface area contributed by atoms with Crippen LogP contribution in [0, 0.1) is 11.6 Å². The summed E-state index contributed by atoms with van der Waals surface area (Å²) in [4.78, 5) is 44.7. The zero-order valence-electron chi connectivity index (χ0n) is 23.2. The number of aliphatic hydroxyl groups excluding tert-OH is 1. The summed E-state index contributed by atoms with van der Waals surface area (Å²) in [5.41, 5.74) is -1.20. The van der Waals surface area contributed by atoms with Crippen LogP contribution in [0.4, 0.5) is 25.0 Å². The normalized spacial score (nSPS) is 17.3. The van der Waals surface area contributed by atoms with E-state index in [4.69, 9.17) is 0 Å². The van der Waals surface area contributed by atoms with Gasteiger partial charge in [0.1, 0.15) is 11.9 Å². The molecule has 2 N–H and O–H groups in total. The number of carbonyl (C=O) groups is 2. The first-order valence-corrected chi connectivity index (χ1v) is 14.1. The summed E-state index contributed by atoms with van der Waals surface area (Å²) in [5.74, 6) is -3.28. The zero-order chi connectivity index (χ0) is 30.0. The van der Waals surface area contributed by atoms with Gasteiger partial charge in [-0.25, -0.2) is 23.2 Å². The highest BCUT2D eigenvalue weighted by Gasteiger charge is 2.33. The van der Waals surface area contributed by atoms with Crippen LogP contribution < -0.4 is 15.5 Å². The Hall–Kier alpha value is -4.17. The molecule has 1 aliphatic carbocycles. The fourth-order valence-electron chi connectivity index (χ4n) is 5.76. The molecule has 3 aromatic rings. The molecule has 0 bridgehead atoms. The Labute approximate surface area is 240 Å². The first-order chi connectivity index (χ1) is 20.2. The number of benzene rings is 2. The van der Waals surface area contributed by atoms with Crippen LogP contribution in [0.2, 0.25) is 0 Å². The van der Waals surface area contributed by atoms with Crippen molar-refractivity contribution in [2.45, 2.75) is 57.7 Å². The van der Waals surface area contributed by atoms with E-state index in [1.54, 1.807) is 12.1 Å². The van der Waals surface area contributed by atoms with Crippen LogP contribution in [0.5, 0.6) is 0 Å². The molecule has 12 nitrogen and oxygen atoms in total. The standard InChI is InChI=1S/C28H33F2N7O5/c1-2-24(38)34-15-13-33(14-16-34)23-12-11-19(17-20(23)26(39)40)35(18-7-4-3-5-8-18)27(41)37-28(42)36(31-32-37)25-21(29)9-6-10-22(25)30/h6,9-12,17-18,24,38H,2-5,7-8,13-16H2,1H3,(H,39,40). The Bertz CT molecular complexity index is 1490. The molecule has 2 aliphatic rings. The second kappa shape index (κ2) is 12.4. The van der Waals surface area contributed by atoms with Crippen molar-refractivity contribution in [3.63, 3.8) is 0 Å². The second-order valence-electron chi connectivity index (χ2n) is 10.5. The molecular weight excluding hydrogens is 552 g/mol. The van der Waals surface area contributed by atoms with Gasteiger partial charge in [0, 0.05) is 37.9 Å². The fraction of sp³-hybridized carbons (Fsp3) is 0.464. The number of carbonyl (C=O) groups excluding carboxylic acids is 1. The number of aromatic carboxylic acids is 1. The number of halogens is 2. The molecule has 1 aromatic heterocycles. The summed E-state index contributed by atoms with van der Waals surface area (Å²) in [6, 6.07) is 6.47. The molecule has 2 fully saturated rings. The number of rotatable bonds is 7. The number of hydrogen-bond donors (Lipinski definition) is 2. The van der Waals surface area contributed by atoms with Crippen molar-refractivity contribution in [2.75, 3.05) is 36.0 Å². The van der Waals surface area contributed by atoms with E-state index in [0.29, 0.717) is 60.5 Å². The van der Waals surface area contributed by atoms with Crippen LogP contribution in [-0.2, 0) is 0 Å². The monoisotopic (exact) mass is 585 g/mol. The minimum absolute atomic E-state index is 0.0185. The quantitative estimate of drug-likeness (QED) is 0.401. The molecule has 14 heteroatoms. The molecule has 42 heavy (non-hydrogen) atoms. The average molecular weight is 586 g/mol. The van der Waals surface area contributed by atoms with Crippen LogP contribution in [0.15, 0.2) is 41.2 Å². The summed E-state index contributed by atoms with van der Waals surface area (Å²) in [6.07, 6.45) is 3.89. The van der Waals surface area contributed by atoms with Gasteiger partial charge in [0.15, 0.2) is 11.6 Å². The lowest BCUT2D eigenvalue weighted by molar-refractivity contribution is -0.00195. The second-order valence-corrected chi connectivity index (χ2v) is 10.5. The van der Waals surface area contributed by atoms with Gasteiger partial charge in [-0.3, -0.25) is 9.80 Å². The fourth-order valence-corrected chi connectivity index (χ4v) is 5.76. The minimum atomic E-state index is -1.18. The van der Waals surface area contributed by atoms with E-state index in [0.717, 1.165) is 37.5 Å². The molecule has 224 valence electrons. The van der Waals surface area contributed by atoms with Crippen molar-refractivity contribution in [3.05, 3.63) is 64.1 Å². The number of carboxylic acids is 1. The highest BCUT2D eigenvalue weighted by Crippen LogP contribution is 2.32. The first kappa shape index (κ1) is 29.3. The third-order valence-corrected chi connectivity index (χ3v) is 7.99. The number of piperazine rings is 1. The Morgan fingerprint density at radius 3 is 2.31 bits per heavy atom. The molecule has 1 unspecified atom stereocenters. The molecule has 1 atom stereocenters. The number of hydrogen-bond acceptors (Lipinski definition) is 8. The van der Waals surface area contributed by atoms with Gasteiger partial charge >= 0.3 is 17.7 Å². The summed E-state index contributed by atoms with van der Waals surface area (Å²) in [7, 11) is 0. The molecule has 2 heterocycles. The SMILES string of the molecule is CCC(O)N1CCN(c2ccc(N(C(=O)n3nnn(-c4c(F)cccc4F)c3=O)C3CCCCC3)cc2C(=O)O)CC1. The van der Waals surface area contributed by atoms with Crippen LogP contribution in [-0.4, -0.2) is 85.4 Å². The van der Waals surface area contributed by atoms with E-state index in [1.807, 2.05) is 16.7 Å². The van der Waals surface area contributed by atoms with Crippen molar-refractivity contribution < 1.29 is 28.6 Å². The van der Waals surface area contributed by atoms with Gasteiger partial charge in [0.05, 0.1) is 11.3 Å². The predicted octanol–water partition coefficient (Wildman–Crippen LogP) is 3.06. The summed E-state index contributed by atoms with van der Waals surface area (Å²) in [5, 5.41) is 27.5. The van der Waals surface area contributed by atoms with Crippen LogP contribution in [0.25, 0.3) is 5.69 Å². The maximum absolute atomic E-state index is 14.4. The average Bonchev–Trinajstić information content (AvgIpc) is 3.38. The summed E-state index contributed by atoms with van der Waals surface area (Å²) in [6.45, 7) is 4.03. The van der Waals surface area contributed by atoms with Crippen molar-refractivity contribution in [1.82, 2.24) is 24.7 Å². The highest BCUT2D eigenvalue weighted by atomic mass is 19.1.